The van der Waals surface area contributed by atoms with Crippen LogP contribution in [0, 0.1) is 6.92 Å². The third-order valence-corrected chi connectivity index (χ3v) is 2.68. The molecule has 0 radical (unpaired) electrons. The first-order chi connectivity index (χ1) is 10.2. The lowest BCUT2D eigenvalue weighted by molar-refractivity contribution is 0.102. The number of aryl methyl sites for hydroxylation is 1. The van der Waals surface area contributed by atoms with Crippen LogP contribution in [-0.2, 0) is 0 Å². The van der Waals surface area contributed by atoms with E-state index in [0.29, 0.717) is 23.6 Å². The average molecular weight is 307 g/mol. The van der Waals surface area contributed by atoms with Crippen LogP contribution in [0.25, 0.3) is 0 Å². The van der Waals surface area contributed by atoms with Gasteiger partial charge >= 0.3 is 0 Å². The van der Waals surface area contributed by atoms with Crippen molar-refractivity contribution in [2.45, 2.75) is 13.8 Å². The van der Waals surface area contributed by atoms with E-state index in [1.54, 1.807) is 30.7 Å². The van der Waals surface area contributed by atoms with Gasteiger partial charge in [0.25, 0.3) is 5.91 Å². The summed E-state index contributed by atoms with van der Waals surface area (Å²) in [6, 6.07) is 5.34. The maximum absolute atomic E-state index is 12.2. The molecular formula is C15H19ClN4O. The maximum atomic E-state index is 12.2. The Kier molecular flexibility index (Phi) is 7.18. The molecule has 5 nitrogen and oxygen atoms in total. The van der Waals surface area contributed by atoms with Crippen LogP contribution >= 0.6 is 11.6 Å². The standard InChI is InChI=1S/C14H16N4O.CH3Cl/c1-3-16-13-11(5-4-7-17-13)14(19)18-12-9-15-8-6-10(12)2;1-2/h4-9H,3H2,1-2H3,(H,16,17)(H,18,19);1H3. The van der Waals surface area contributed by atoms with Gasteiger partial charge in [0, 0.05) is 25.3 Å². The number of carbonyl (C=O) groups excluding carboxylic acids is 1. The van der Waals surface area contributed by atoms with Crippen molar-refractivity contribution in [1.82, 2.24) is 9.97 Å². The van der Waals surface area contributed by atoms with Gasteiger partial charge in [-0.1, -0.05) is 0 Å². The first-order valence-electron chi connectivity index (χ1n) is 6.51. The highest BCUT2D eigenvalue weighted by Crippen LogP contribution is 2.16. The second-order valence-electron chi connectivity index (χ2n) is 4.07. The Bertz CT molecular complexity index is 589. The number of rotatable bonds is 4. The van der Waals surface area contributed by atoms with E-state index in [-0.39, 0.29) is 5.91 Å². The fraction of sp³-hybridized carbons (Fsp3) is 0.267. The summed E-state index contributed by atoms with van der Waals surface area (Å²) >= 11 is 4.64. The molecule has 0 spiro atoms. The molecule has 112 valence electrons. The van der Waals surface area contributed by atoms with Crippen molar-refractivity contribution in [3.05, 3.63) is 47.9 Å². The fourth-order valence-electron chi connectivity index (χ4n) is 1.68. The van der Waals surface area contributed by atoms with Crippen molar-refractivity contribution in [2.24, 2.45) is 0 Å². The molecule has 2 heterocycles. The van der Waals surface area contributed by atoms with Gasteiger partial charge in [-0.2, -0.15) is 0 Å². The van der Waals surface area contributed by atoms with Crippen LogP contribution in [0.1, 0.15) is 22.8 Å². The smallest absolute Gasteiger partial charge is 0.259 e. The van der Waals surface area contributed by atoms with E-state index in [9.17, 15) is 4.79 Å². The van der Waals surface area contributed by atoms with Crippen LogP contribution < -0.4 is 10.6 Å². The molecule has 0 atom stereocenters. The van der Waals surface area contributed by atoms with Gasteiger partial charge < -0.3 is 10.6 Å². The van der Waals surface area contributed by atoms with E-state index in [4.69, 9.17) is 0 Å². The molecule has 0 aliphatic heterocycles. The first kappa shape index (κ1) is 16.9. The summed E-state index contributed by atoms with van der Waals surface area (Å²) in [5.74, 6) is 0.393. The molecular weight excluding hydrogens is 288 g/mol. The molecule has 0 aliphatic rings. The average Bonchev–Trinajstić information content (AvgIpc) is 2.52. The van der Waals surface area contributed by atoms with Crippen molar-refractivity contribution in [3.63, 3.8) is 0 Å². The molecule has 0 fully saturated rings. The van der Waals surface area contributed by atoms with Crippen LogP contribution in [0.4, 0.5) is 11.5 Å². The van der Waals surface area contributed by atoms with Gasteiger partial charge in [-0.3, -0.25) is 9.78 Å². The number of nitrogens with zero attached hydrogens (tertiary/aromatic N) is 2. The summed E-state index contributed by atoms with van der Waals surface area (Å²) in [6.07, 6.45) is 6.46. The number of pyridine rings is 2. The van der Waals surface area contributed by atoms with Crippen LogP contribution in [0.15, 0.2) is 36.8 Å². The zero-order chi connectivity index (χ0) is 15.7. The zero-order valence-electron chi connectivity index (χ0n) is 12.4. The molecule has 2 N–H and O–H groups in total. The maximum Gasteiger partial charge on any atom is 0.259 e. The number of alkyl halides is 1. The summed E-state index contributed by atoms with van der Waals surface area (Å²) < 4.78 is 0. The lowest BCUT2D eigenvalue weighted by atomic mass is 10.2. The van der Waals surface area contributed by atoms with Crippen molar-refractivity contribution in [2.75, 3.05) is 23.6 Å². The quantitative estimate of drug-likeness (QED) is 0.850. The van der Waals surface area contributed by atoms with Crippen LogP contribution in [0.3, 0.4) is 0 Å². The third-order valence-electron chi connectivity index (χ3n) is 2.68. The Morgan fingerprint density at radius 1 is 1.29 bits per heavy atom. The van der Waals surface area contributed by atoms with Gasteiger partial charge in [-0.05, 0) is 37.6 Å². The number of hydrogen-bond donors (Lipinski definition) is 2. The molecule has 0 saturated heterocycles. The van der Waals surface area contributed by atoms with E-state index in [1.165, 1.54) is 6.38 Å². The minimum absolute atomic E-state index is 0.194. The van der Waals surface area contributed by atoms with Crippen molar-refractivity contribution in [3.8, 4) is 0 Å². The molecule has 2 rings (SSSR count). The van der Waals surface area contributed by atoms with E-state index in [0.717, 1.165) is 5.56 Å². The van der Waals surface area contributed by atoms with Gasteiger partial charge in [0.15, 0.2) is 0 Å². The number of anilines is 2. The fourth-order valence-corrected chi connectivity index (χ4v) is 1.68. The number of amides is 1. The largest absolute Gasteiger partial charge is 0.370 e. The van der Waals surface area contributed by atoms with Gasteiger partial charge in [0.2, 0.25) is 0 Å². The highest BCUT2D eigenvalue weighted by molar-refractivity contribution is 6.15. The normalized spacial score (nSPS) is 9.33. The predicted octanol–water partition coefficient (Wildman–Crippen LogP) is 3.32. The summed E-state index contributed by atoms with van der Waals surface area (Å²) in [5, 5.41) is 5.91. The number of halogens is 1. The lowest BCUT2D eigenvalue weighted by Gasteiger charge is -2.10. The number of aromatic nitrogens is 2. The molecule has 2 aromatic rings. The highest BCUT2D eigenvalue weighted by atomic mass is 35.5. The molecule has 21 heavy (non-hydrogen) atoms. The Hall–Kier alpha value is -2.14. The Balaban J connectivity index is 0.00000106. The van der Waals surface area contributed by atoms with Crippen LogP contribution in [-0.4, -0.2) is 28.8 Å². The molecule has 0 bridgehead atoms. The van der Waals surface area contributed by atoms with Gasteiger partial charge in [0.1, 0.15) is 5.82 Å². The van der Waals surface area contributed by atoms with Crippen LogP contribution in [0.2, 0.25) is 0 Å². The van der Waals surface area contributed by atoms with Crippen molar-refractivity contribution < 1.29 is 4.79 Å². The van der Waals surface area contributed by atoms with E-state index >= 15 is 0 Å². The SMILES string of the molecule is CCNc1ncccc1C(=O)Nc1cnccc1C.CCl. The Morgan fingerprint density at radius 2 is 2.05 bits per heavy atom. The molecule has 2 aromatic heterocycles. The molecule has 0 aliphatic carbocycles. The lowest BCUT2D eigenvalue weighted by Crippen LogP contribution is -2.16. The summed E-state index contributed by atoms with van der Waals surface area (Å²) in [5.41, 5.74) is 2.20. The molecule has 0 aromatic carbocycles. The van der Waals surface area contributed by atoms with E-state index in [2.05, 4.69) is 32.2 Å². The van der Waals surface area contributed by atoms with Gasteiger partial charge in [-0.15, -0.1) is 11.6 Å². The van der Waals surface area contributed by atoms with E-state index in [1.807, 2.05) is 19.9 Å². The molecule has 1 amide bonds. The second-order valence-corrected chi connectivity index (χ2v) is 4.07. The van der Waals surface area contributed by atoms with Gasteiger partial charge in [0.05, 0.1) is 17.4 Å². The number of carbonyl (C=O) groups is 1. The Labute approximate surface area is 129 Å². The zero-order valence-corrected chi connectivity index (χ0v) is 13.1. The van der Waals surface area contributed by atoms with Crippen LogP contribution in [0.5, 0.6) is 0 Å². The minimum atomic E-state index is -0.194. The molecule has 0 unspecified atom stereocenters. The van der Waals surface area contributed by atoms with Crippen molar-refractivity contribution in [1.29, 1.82) is 0 Å². The van der Waals surface area contributed by atoms with E-state index < -0.39 is 0 Å². The summed E-state index contributed by atoms with van der Waals surface area (Å²) in [6.45, 7) is 4.59. The topological polar surface area (TPSA) is 66.9 Å². The molecule has 6 heteroatoms. The third kappa shape index (κ3) is 4.72. The minimum Gasteiger partial charge on any atom is -0.370 e. The van der Waals surface area contributed by atoms with Crippen molar-refractivity contribution >= 4 is 29.0 Å². The monoisotopic (exact) mass is 306 g/mol. The summed E-state index contributed by atoms with van der Waals surface area (Å²) in [7, 11) is 0. The Morgan fingerprint density at radius 3 is 2.71 bits per heavy atom. The highest BCUT2D eigenvalue weighted by Gasteiger charge is 2.12. The first-order valence-corrected chi connectivity index (χ1v) is 7.26. The predicted molar refractivity (Wildman–Crippen MR) is 87.1 cm³/mol. The number of hydrogen-bond acceptors (Lipinski definition) is 4. The second kappa shape index (κ2) is 8.92. The molecule has 0 saturated carbocycles. The summed E-state index contributed by atoms with van der Waals surface area (Å²) in [4.78, 5) is 20.4. The number of nitrogens with one attached hydrogen (secondary N) is 2. The van der Waals surface area contributed by atoms with Gasteiger partial charge in [-0.25, -0.2) is 4.98 Å².